The molecule has 0 aliphatic heterocycles. The summed E-state index contributed by atoms with van der Waals surface area (Å²) >= 11 is 7.35. The van der Waals surface area contributed by atoms with Crippen LogP contribution in [0.1, 0.15) is 82.4 Å². The first-order valence-electron chi connectivity index (χ1n) is 12.2. The minimum Gasteiger partial charge on any atom is -0.108 e. The molecule has 0 aliphatic rings. The molecule has 0 fully saturated rings. The van der Waals surface area contributed by atoms with Crippen LogP contribution in [0.2, 0.25) is 0 Å². The van der Waals surface area contributed by atoms with Gasteiger partial charge < -0.3 is 0 Å². The van der Waals surface area contributed by atoms with Crippen LogP contribution in [0.4, 0.5) is 0 Å². The fourth-order valence-electron chi connectivity index (χ4n) is 4.58. The van der Waals surface area contributed by atoms with E-state index in [1.165, 1.54) is 37.4 Å². The van der Waals surface area contributed by atoms with Crippen LogP contribution < -0.4 is 5.30 Å². The van der Waals surface area contributed by atoms with E-state index in [1.807, 2.05) is 0 Å². The maximum atomic E-state index is 3.68. The molecule has 0 amide bonds. The molecule has 4 heteroatoms. The highest BCUT2D eigenvalue weighted by molar-refractivity contribution is 9.10. The van der Waals surface area contributed by atoms with Gasteiger partial charge in [-0.3, -0.25) is 0 Å². The van der Waals surface area contributed by atoms with Crippen molar-refractivity contribution in [3.8, 4) is 0 Å². The van der Waals surface area contributed by atoms with E-state index in [0.717, 1.165) is 23.6 Å². The minimum absolute atomic E-state index is 0.0596. The van der Waals surface area contributed by atoms with E-state index in [1.54, 1.807) is 0 Å². The van der Waals surface area contributed by atoms with Crippen LogP contribution in [0.3, 0.4) is 0 Å². The minimum atomic E-state index is 0.0596. The normalized spacial score (nSPS) is 14.8. The van der Waals surface area contributed by atoms with Gasteiger partial charge in [0.2, 0.25) is 0 Å². The van der Waals surface area contributed by atoms with Crippen molar-refractivity contribution in [2.75, 3.05) is 0 Å². The Morgan fingerprint density at radius 2 is 1.24 bits per heavy atom. The molecule has 0 N–H and O–H groups in total. The Morgan fingerprint density at radius 3 is 1.76 bits per heavy atom. The van der Waals surface area contributed by atoms with Crippen molar-refractivity contribution >= 4 is 54.3 Å². The van der Waals surface area contributed by atoms with Gasteiger partial charge in [-0.2, -0.15) is 0 Å². The van der Waals surface area contributed by atoms with Crippen molar-refractivity contribution in [2.45, 2.75) is 76.3 Å². The zero-order valence-corrected chi connectivity index (χ0v) is 26.4. The Morgan fingerprint density at radius 1 is 0.706 bits per heavy atom. The lowest BCUT2D eigenvalue weighted by molar-refractivity contribution is 0.408. The van der Waals surface area contributed by atoms with E-state index in [9.17, 15) is 0 Å². The number of hydrogen-bond acceptors (Lipinski definition) is 0. The van der Waals surface area contributed by atoms with Crippen LogP contribution >= 0.6 is 49.0 Å². The first kappa shape index (κ1) is 28.1. The second-order valence-electron chi connectivity index (χ2n) is 10.1. The highest BCUT2D eigenvalue weighted by atomic mass is 79.9. The van der Waals surface area contributed by atoms with Gasteiger partial charge in [-0.05, 0) is 69.7 Å². The van der Waals surface area contributed by atoms with E-state index in [0.29, 0.717) is 11.3 Å². The fraction of sp³-hybridized carbons (Fsp3) is 0.400. The van der Waals surface area contributed by atoms with Gasteiger partial charge in [0.15, 0.2) is 0 Å². The summed E-state index contributed by atoms with van der Waals surface area (Å²) in [4.78, 5) is 0. The molecule has 0 spiro atoms. The lowest BCUT2D eigenvalue weighted by Gasteiger charge is -2.45. The molecule has 0 saturated carbocycles. The van der Waals surface area contributed by atoms with Gasteiger partial charge in [-0.1, -0.05) is 131 Å². The number of rotatable bonds is 10. The second-order valence-corrected chi connectivity index (χ2v) is 15.7. The Kier molecular flexibility index (Phi) is 10.0. The molecule has 182 valence electrons. The van der Waals surface area contributed by atoms with Crippen molar-refractivity contribution < 1.29 is 0 Å². The van der Waals surface area contributed by atoms with Crippen molar-refractivity contribution in [3.05, 3.63) is 98.4 Å². The van der Waals surface area contributed by atoms with Gasteiger partial charge in [0.25, 0.3) is 0 Å². The van der Waals surface area contributed by atoms with Crippen LogP contribution in [-0.4, -0.2) is 5.16 Å². The molecule has 4 unspecified atom stereocenters. The topological polar surface area (TPSA) is 0 Å². The molecule has 0 heterocycles. The molecule has 34 heavy (non-hydrogen) atoms. The van der Waals surface area contributed by atoms with Gasteiger partial charge in [-0.15, -0.1) is 8.58 Å². The molecule has 0 bridgehead atoms. The van der Waals surface area contributed by atoms with E-state index >= 15 is 0 Å². The Hall–Kier alpha value is -0.520. The Labute approximate surface area is 227 Å². The van der Waals surface area contributed by atoms with E-state index in [2.05, 4.69) is 146 Å². The van der Waals surface area contributed by atoms with Gasteiger partial charge in [-0.25, -0.2) is 0 Å². The van der Waals surface area contributed by atoms with E-state index < -0.39 is 0 Å². The summed E-state index contributed by atoms with van der Waals surface area (Å²) in [6, 6.07) is 27.0. The molecule has 3 aromatic rings. The van der Waals surface area contributed by atoms with E-state index in [4.69, 9.17) is 0 Å². The fourth-order valence-corrected chi connectivity index (χ4v) is 9.00. The van der Waals surface area contributed by atoms with Crippen molar-refractivity contribution in [3.63, 3.8) is 0 Å². The van der Waals surface area contributed by atoms with Crippen LogP contribution in [0.15, 0.2) is 81.7 Å². The van der Waals surface area contributed by atoms with Gasteiger partial charge in [0.1, 0.15) is 0 Å². The average Bonchev–Trinajstić information content (AvgIpc) is 2.81. The summed E-state index contributed by atoms with van der Waals surface area (Å²) in [6.07, 6.45) is 2.31. The highest BCUT2D eigenvalue weighted by Crippen LogP contribution is 2.55. The van der Waals surface area contributed by atoms with Crippen LogP contribution in [-0.2, 0) is 5.41 Å². The standard InChI is InChI=1S/C30H38Br2P2/c1-7-26(21-13-11-15-23(31)19-21)33-28-18-10-9-17-25(28)29(3,4)30(5,6)34-27(8-2)22-14-12-16-24(32)20-22/h9-20,26-27,33-34H,7-8H2,1-6H3. The number of hydrogen-bond donors (Lipinski definition) is 0. The molecular formula is C30H38Br2P2. The molecular weight excluding hydrogens is 582 g/mol. The van der Waals surface area contributed by atoms with Crippen molar-refractivity contribution in [1.82, 2.24) is 0 Å². The van der Waals surface area contributed by atoms with Crippen LogP contribution in [0.5, 0.6) is 0 Å². The van der Waals surface area contributed by atoms with Gasteiger partial charge in [0.05, 0.1) is 0 Å². The third-order valence-corrected chi connectivity index (χ3v) is 12.6. The molecule has 0 saturated heterocycles. The largest absolute Gasteiger partial charge is 0.108 e. The summed E-state index contributed by atoms with van der Waals surface area (Å²) in [5, 5.41) is 1.68. The summed E-state index contributed by atoms with van der Waals surface area (Å²) in [5.74, 6) is 0. The molecule has 0 nitrogen and oxygen atoms in total. The average molecular weight is 620 g/mol. The first-order valence-corrected chi connectivity index (χ1v) is 16.0. The Bertz CT molecular complexity index is 1090. The van der Waals surface area contributed by atoms with Gasteiger partial charge >= 0.3 is 0 Å². The molecule has 0 aliphatic carbocycles. The first-order chi connectivity index (χ1) is 16.1. The SMILES string of the molecule is CCC(Pc1ccccc1C(C)(C)C(C)(C)PC(CC)c1cccc(Br)c1)c1cccc(Br)c1. The molecule has 3 rings (SSSR count). The highest BCUT2D eigenvalue weighted by Gasteiger charge is 2.41. The molecule has 4 atom stereocenters. The van der Waals surface area contributed by atoms with Gasteiger partial charge in [0, 0.05) is 20.3 Å². The third kappa shape index (κ3) is 6.62. The predicted molar refractivity (Wildman–Crippen MR) is 164 cm³/mol. The maximum Gasteiger partial charge on any atom is 0.0178 e. The quantitative estimate of drug-likeness (QED) is 0.198. The lowest BCUT2D eigenvalue weighted by atomic mass is 9.74. The maximum absolute atomic E-state index is 3.68. The number of benzene rings is 3. The summed E-state index contributed by atoms with van der Waals surface area (Å²) < 4.78 is 2.34. The van der Waals surface area contributed by atoms with Crippen molar-refractivity contribution in [1.29, 1.82) is 0 Å². The molecule has 3 aromatic carbocycles. The second kappa shape index (κ2) is 12.1. The monoisotopic (exact) mass is 618 g/mol. The van der Waals surface area contributed by atoms with E-state index in [-0.39, 0.29) is 10.6 Å². The summed E-state index contributed by atoms with van der Waals surface area (Å²) in [6.45, 7) is 14.6. The molecule has 0 aromatic heterocycles. The zero-order chi connectivity index (χ0) is 24.9. The zero-order valence-electron chi connectivity index (χ0n) is 21.3. The Balaban J connectivity index is 1.92. The smallest absolute Gasteiger partial charge is 0.0178 e. The lowest BCUT2D eigenvalue weighted by Crippen LogP contribution is -2.42. The van der Waals surface area contributed by atoms with Crippen LogP contribution in [0.25, 0.3) is 0 Å². The van der Waals surface area contributed by atoms with Crippen LogP contribution in [0, 0.1) is 0 Å². The third-order valence-electron chi connectivity index (χ3n) is 7.35. The predicted octanol–water partition coefficient (Wildman–Crippen LogP) is 10.6. The number of halogens is 2. The molecule has 0 radical (unpaired) electrons. The summed E-state index contributed by atoms with van der Waals surface area (Å²) in [5.41, 5.74) is 5.59. The summed E-state index contributed by atoms with van der Waals surface area (Å²) in [7, 11) is 1.60. The van der Waals surface area contributed by atoms with Crippen molar-refractivity contribution in [2.24, 2.45) is 0 Å².